The maximum Gasteiger partial charge on any atom is 0.288 e. The number of ether oxygens (including phenoxy) is 1. The van der Waals surface area contributed by atoms with E-state index in [1.807, 2.05) is 68.4 Å². The van der Waals surface area contributed by atoms with Gasteiger partial charge in [0.2, 0.25) is 12.3 Å². The van der Waals surface area contributed by atoms with Crippen molar-refractivity contribution in [2.75, 3.05) is 13.3 Å². The van der Waals surface area contributed by atoms with Crippen molar-refractivity contribution in [2.45, 2.75) is 71.9 Å². The van der Waals surface area contributed by atoms with E-state index in [4.69, 9.17) is 14.0 Å². The number of carbonyl (C=O) groups excluding carboxylic acids is 3. The minimum atomic E-state index is -0.503. The fourth-order valence-corrected chi connectivity index (χ4v) is 4.69. The van der Waals surface area contributed by atoms with E-state index >= 15 is 0 Å². The number of hydroxylamine groups is 2. The van der Waals surface area contributed by atoms with Gasteiger partial charge >= 0.3 is 0 Å². The van der Waals surface area contributed by atoms with Gasteiger partial charge in [-0.3, -0.25) is 19.2 Å². The van der Waals surface area contributed by atoms with Crippen LogP contribution in [0.3, 0.4) is 0 Å². The van der Waals surface area contributed by atoms with Crippen LogP contribution in [0.15, 0.2) is 71.1 Å². The molecule has 0 aliphatic carbocycles. The zero-order valence-electron chi connectivity index (χ0n) is 24.8. The van der Waals surface area contributed by atoms with Crippen molar-refractivity contribution in [2.24, 2.45) is 5.92 Å². The Balaban J connectivity index is 1.59. The van der Waals surface area contributed by atoms with Gasteiger partial charge in [0.05, 0.1) is 25.2 Å². The van der Waals surface area contributed by atoms with Crippen molar-refractivity contribution >= 4 is 18.2 Å². The lowest BCUT2D eigenvalue weighted by Crippen LogP contribution is -2.48. The molecule has 3 aromatic rings. The van der Waals surface area contributed by atoms with Crippen LogP contribution in [0.25, 0.3) is 11.3 Å². The first-order valence-corrected chi connectivity index (χ1v) is 14.8. The van der Waals surface area contributed by atoms with E-state index in [1.54, 1.807) is 12.1 Å². The van der Waals surface area contributed by atoms with Gasteiger partial charge in [-0.25, -0.2) is 5.06 Å². The monoisotopic (exact) mass is 577 g/mol. The van der Waals surface area contributed by atoms with Gasteiger partial charge in [0, 0.05) is 5.56 Å². The van der Waals surface area contributed by atoms with E-state index in [0.29, 0.717) is 31.6 Å². The number of nitrogens with zero attached hydrogens (tertiary/aromatic N) is 1. The van der Waals surface area contributed by atoms with Crippen LogP contribution in [0.4, 0.5) is 0 Å². The molecule has 2 atom stereocenters. The van der Waals surface area contributed by atoms with E-state index in [2.05, 4.69) is 17.6 Å². The predicted molar refractivity (Wildman–Crippen MR) is 161 cm³/mol. The molecule has 42 heavy (non-hydrogen) atoms. The largest absolute Gasteiger partial charge is 0.494 e. The van der Waals surface area contributed by atoms with Crippen molar-refractivity contribution in [1.29, 1.82) is 0 Å². The van der Waals surface area contributed by atoms with Crippen molar-refractivity contribution in [3.63, 3.8) is 0 Å². The quantitative estimate of drug-likeness (QED) is 0.0771. The highest BCUT2D eigenvalue weighted by Gasteiger charge is 2.32. The van der Waals surface area contributed by atoms with E-state index in [0.717, 1.165) is 42.6 Å². The Bertz CT molecular complexity index is 1250. The van der Waals surface area contributed by atoms with E-state index < -0.39 is 17.9 Å². The molecule has 1 heterocycles. The standard InChI is InChI=1S/C33H43N3O6/c1-4-7-9-17-28(29(6-3)36(24-37)41-22-25-13-10-8-11-14-25)32(38)34-23-35-33(39)31-19-18-30(42-31)26-15-12-16-27(21-26)40-20-5-2/h8,10-16,18-19,21,24,28-29H,4-7,9,17,20,22-23H2,1-3H3,(H,34,38)(H,35,39)/t28-,29-/m1/s1. The molecule has 0 saturated heterocycles. The average Bonchev–Trinajstić information content (AvgIpc) is 3.52. The highest BCUT2D eigenvalue weighted by Crippen LogP contribution is 2.26. The van der Waals surface area contributed by atoms with Gasteiger partial charge in [0.25, 0.3) is 5.91 Å². The molecule has 9 nitrogen and oxygen atoms in total. The van der Waals surface area contributed by atoms with Crippen LogP contribution in [-0.2, 0) is 21.0 Å². The van der Waals surface area contributed by atoms with Crippen molar-refractivity contribution < 1.29 is 28.4 Å². The average molecular weight is 578 g/mol. The third-order valence-corrected chi connectivity index (χ3v) is 6.92. The zero-order valence-corrected chi connectivity index (χ0v) is 24.8. The van der Waals surface area contributed by atoms with Crippen molar-refractivity contribution in [3.8, 4) is 17.1 Å². The van der Waals surface area contributed by atoms with Gasteiger partial charge in [-0.2, -0.15) is 0 Å². The number of furan rings is 1. The maximum absolute atomic E-state index is 13.4. The summed E-state index contributed by atoms with van der Waals surface area (Å²) >= 11 is 0. The third kappa shape index (κ3) is 9.76. The number of hydrogen-bond acceptors (Lipinski definition) is 6. The Hall–Kier alpha value is -4.11. The fraction of sp³-hybridized carbons (Fsp3) is 0.424. The Morgan fingerprint density at radius 2 is 1.76 bits per heavy atom. The molecule has 0 aliphatic rings. The van der Waals surface area contributed by atoms with E-state index in [-0.39, 0.29) is 24.9 Å². The minimum absolute atomic E-state index is 0.0826. The normalized spacial score (nSPS) is 12.3. The topological polar surface area (TPSA) is 110 Å². The number of nitrogens with one attached hydrogen (secondary N) is 2. The number of unbranched alkanes of at least 4 members (excludes halogenated alkanes) is 2. The summed E-state index contributed by atoms with van der Waals surface area (Å²) in [6.45, 7) is 6.82. The summed E-state index contributed by atoms with van der Waals surface area (Å²) in [5.41, 5.74) is 1.72. The predicted octanol–water partition coefficient (Wildman–Crippen LogP) is 6.10. The first-order valence-electron chi connectivity index (χ1n) is 14.8. The number of hydrogen-bond donors (Lipinski definition) is 2. The Morgan fingerprint density at radius 3 is 2.48 bits per heavy atom. The molecule has 0 fully saturated rings. The second-order valence-corrected chi connectivity index (χ2v) is 10.1. The van der Waals surface area contributed by atoms with Gasteiger partial charge in [-0.05, 0) is 49.1 Å². The van der Waals surface area contributed by atoms with E-state index in [1.165, 1.54) is 5.06 Å². The summed E-state index contributed by atoms with van der Waals surface area (Å²) < 4.78 is 11.5. The summed E-state index contributed by atoms with van der Waals surface area (Å²) in [7, 11) is 0. The molecule has 2 N–H and O–H groups in total. The minimum Gasteiger partial charge on any atom is -0.494 e. The first-order chi connectivity index (χ1) is 20.5. The Kier molecular flexibility index (Phi) is 13.6. The van der Waals surface area contributed by atoms with Gasteiger partial charge < -0.3 is 19.8 Å². The number of amides is 3. The van der Waals surface area contributed by atoms with E-state index in [9.17, 15) is 14.4 Å². The highest BCUT2D eigenvalue weighted by molar-refractivity contribution is 5.92. The maximum atomic E-state index is 13.4. The molecule has 0 spiro atoms. The van der Waals surface area contributed by atoms with Crippen LogP contribution >= 0.6 is 0 Å². The van der Waals surface area contributed by atoms with Crippen molar-refractivity contribution in [1.82, 2.24) is 15.7 Å². The summed E-state index contributed by atoms with van der Waals surface area (Å²) in [4.78, 5) is 44.0. The molecular formula is C33H43N3O6. The van der Waals surface area contributed by atoms with Gasteiger partial charge in [0.1, 0.15) is 18.1 Å². The molecule has 226 valence electrons. The van der Waals surface area contributed by atoms with Gasteiger partial charge in [-0.1, -0.05) is 82.5 Å². The van der Waals surface area contributed by atoms with Crippen LogP contribution in [0, 0.1) is 5.92 Å². The molecule has 1 aromatic heterocycles. The molecule has 9 heteroatoms. The first kappa shape index (κ1) is 32.4. The van der Waals surface area contributed by atoms with Crippen LogP contribution < -0.4 is 15.4 Å². The van der Waals surface area contributed by atoms with Crippen LogP contribution in [0.1, 0.15) is 75.4 Å². The molecule has 0 aliphatic heterocycles. The zero-order chi connectivity index (χ0) is 30.2. The SMILES string of the molecule is CCCCC[C@@H](C(=O)NCNC(=O)c1ccc(-c2cccc(OCCC)c2)o1)[C@@H](CC)N(C=O)OCc1ccccc1. The number of rotatable bonds is 19. The molecule has 2 aromatic carbocycles. The second kappa shape index (κ2) is 17.6. The molecule has 3 amide bonds. The van der Waals surface area contributed by atoms with Crippen LogP contribution in [0.2, 0.25) is 0 Å². The molecular weight excluding hydrogens is 534 g/mol. The van der Waals surface area contributed by atoms with Crippen molar-refractivity contribution in [3.05, 3.63) is 78.1 Å². The lowest BCUT2D eigenvalue weighted by molar-refractivity contribution is -0.200. The number of carbonyl (C=O) groups is 3. The number of benzene rings is 2. The Labute approximate surface area is 248 Å². The lowest BCUT2D eigenvalue weighted by atomic mass is 9.90. The summed E-state index contributed by atoms with van der Waals surface area (Å²) in [6.07, 6.45) is 5.48. The Morgan fingerprint density at radius 1 is 0.952 bits per heavy atom. The molecule has 0 radical (unpaired) electrons. The fourth-order valence-electron chi connectivity index (χ4n) is 4.69. The third-order valence-electron chi connectivity index (χ3n) is 6.92. The second-order valence-electron chi connectivity index (χ2n) is 10.1. The van der Waals surface area contributed by atoms with Crippen LogP contribution in [-0.4, -0.2) is 42.6 Å². The van der Waals surface area contributed by atoms with Gasteiger partial charge in [-0.15, -0.1) is 0 Å². The van der Waals surface area contributed by atoms with Gasteiger partial charge in [0.15, 0.2) is 5.76 Å². The molecule has 0 bridgehead atoms. The van der Waals surface area contributed by atoms with Crippen LogP contribution in [0.5, 0.6) is 5.75 Å². The molecule has 0 unspecified atom stereocenters. The summed E-state index contributed by atoms with van der Waals surface area (Å²) in [6, 6.07) is 19.9. The lowest BCUT2D eigenvalue weighted by Gasteiger charge is -2.32. The molecule has 3 rings (SSSR count). The molecule has 0 saturated carbocycles. The highest BCUT2D eigenvalue weighted by atomic mass is 16.7. The summed E-state index contributed by atoms with van der Waals surface area (Å²) in [5, 5.41) is 6.77. The smallest absolute Gasteiger partial charge is 0.288 e. The summed E-state index contributed by atoms with van der Waals surface area (Å²) in [5.74, 6) is 0.199.